The summed E-state index contributed by atoms with van der Waals surface area (Å²) in [5, 5.41) is 4.64. The van der Waals surface area contributed by atoms with Crippen LogP contribution < -0.4 is 10.0 Å². The maximum Gasteiger partial charge on any atom is 0.240 e. The van der Waals surface area contributed by atoms with E-state index in [9.17, 15) is 13.2 Å². The lowest BCUT2D eigenvalue weighted by atomic mass is 10.1. The smallest absolute Gasteiger partial charge is 0.240 e. The molecule has 2 aromatic rings. The zero-order valence-corrected chi connectivity index (χ0v) is 14.9. The van der Waals surface area contributed by atoms with Crippen LogP contribution in [0.4, 0.5) is 0 Å². The van der Waals surface area contributed by atoms with Gasteiger partial charge in [-0.3, -0.25) is 4.79 Å². The minimum Gasteiger partial charge on any atom is -0.356 e. The molecule has 0 unspecified atom stereocenters. The van der Waals surface area contributed by atoms with Gasteiger partial charge in [-0.05, 0) is 35.2 Å². The molecule has 130 valence electrons. The highest BCUT2D eigenvalue weighted by Gasteiger charge is 2.14. The highest BCUT2D eigenvalue weighted by molar-refractivity contribution is 7.89. The molecule has 2 aromatic carbocycles. The molecule has 0 aliphatic rings. The van der Waals surface area contributed by atoms with E-state index in [0.29, 0.717) is 12.5 Å². The van der Waals surface area contributed by atoms with Gasteiger partial charge in [-0.15, -0.1) is 0 Å². The van der Waals surface area contributed by atoms with Crippen molar-refractivity contribution in [1.29, 1.82) is 0 Å². The van der Waals surface area contributed by atoms with Crippen LogP contribution >= 0.6 is 0 Å². The zero-order chi connectivity index (χ0) is 17.6. The van der Waals surface area contributed by atoms with E-state index in [1.165, 1.54) is 0 Å². The summed E-state index contributed by atoms with van der Waals surface area (Å²) in [6, 6.07) is 12.6. The van der Waals surface area contributed by atoms with Crippen molar-refractivity contribution in [3.05, 3.63) is 42.5 Å². The van der Waals surface area contributed by atoms with Crippen molar-refractivity contribution in [2.45, 2.75) is 31.6 Å². The molecule has 0 atom stereocenters. The van der Waals surface area contributed by atoms with Crippen molar-refractivity contribution >= 4 is 26.7 Å². The molecule has 2 N–H and O–H groups in total. The SMILES string of the molecule is CC(C)CCNC(=O)CCNS(=O)(=O)c1ccc2ccccc2c1. The fraction of sp³-hybridized carbons (Fsp3) is 0.389. The lowest BCUT2D eigenvalue weighted by Crippen LogP contribution is -2.31. The molecule has 5 nitrogen and oxygen atoms in total. The number of hydrogen-bond acceptors (Lipinski definition) is 3. The second-order valence-electron chi connectivity index (χ2n) is 6.19. The molecular formula is C18H24N2O3S. The Morgan fingerprint density at radius 3 is 2.46 bits per heavy atom. The number of fused-ring (bicyclic) bond motifs is 1. The summed E-state index contributed by atoms with van der Waals surface area (Å²) in [7, 11) is -3.61. The standard InChI is InChI=1S/C18H24N2O3S/c1-14(2)9-11-19-18(21)10-12-20-24(22,23)17-8-7-15-5-3-4-6-16(15)13-17/h3-8,13-14,20H,9-12H2,1-2H3,(H,19,21). The van der Waals surface area contributed by atoms with Crippen LogP contribution in [-0.2, 0) is 14.8 Å². The van der Waals surface area contributed by atoms with Gasteiger partial charge in [-0.2, -0.15) is 0 Å². The summed E-state index contributed by atoms with van der Waals surface area (Å²) in [6.45, 7) is 4.88. The number of carbonyl (C=O) groups is 1. The first-order chi connectivity index (χ1) is 11.4. The average molecular weight is 348 g/mol. The molecule has 6 heteroatoms. The first-order valence-corrected chi connectivity index (χ1v) is 9.62. The quantitative estimate of drug-likeness (QED) is 0.770. The van der Waals surface area contributed by atoms with E-state index < -0.39 is 10.0 Å². The van der Waals surface area contributed by atoms with Crippen molar-refractivity contribution in [1.82, 2.24) is 10.0 Å². The maximum absolute atomic E-state index is 12.3. The Bertz CT molecular complexity index is 801. The van der Waals surface area contributed by atoms with Gasteiger partial charge in [-0.1, -0.05) is 44.2 Å². The lowest BCUT2D eigenvalue weighted by Gasteiger charge is -2.09. The Balaban J connectivity index is 1.89. The third-order valence-corrected chi connectivity index (χ3v) is 5.18. The van der Waals surface area contributed by atoms with Crippen molar-refractivity contribution < 1.29 is 13.2 Å². The molecule has 0 aliphatic heterocycles. The molecule has 0 aliphatic carbocycles. The second kappa shape index (κ2) is 8.26. The molecule has 1 amide bonds. The van der Waals surface area contributed by atoms with E-state index in [1.54, 1.807) is 18.2 Å². The predicted molar refractivity (Wildman–Crippen MR) is 96.2 cm³/mol. The molecule has 0 saturated heterocycles. The van der Waals surface area contributed by atoms with Gasteiger partial charge in [0.25, 0.3) is 0 Å². The Labute approximate surface area is 143 Å². The fourth-order valence-electron chi connectivity index (χ4n) is 2.31. The molecule has 2 rings (SSSR count). The molecule has 0 saturated carbocycles. The van der Waals surface area contributed by atoms with Gasteiger partial charge in [0, 0.05) is 19.5 Å². The summed E-state index contributed by atoms with van der Waals surface area (Å²) in [4.78, 5) is 11.9. The van der Waals surface area contributed by atoms with Crippen LogP contribution in [0.15, 0.2) is 47.4 Å². The van der Waals surface area contributed by atoms with Gasteiger partial charge in [0.15, 0.2) is 0 Å². The minimum absolute atomic E-state index is 0.0860. The Kier molecular flexibility index (Phi) is 6.34. The third-order valence-electron chi connectivity index (χ3n) is 3.72. The summed E-state index contributed by atoms with van der Waals surface area (Å²) >= 11 is 0. The molecule has 0 heterocycles. The normalized spacial score (nSPS) is 11.8. The van der Waals surface area contributed by atoms with Crippen molar-refractivity contribution in [3.8, 4) is 0 Å². The van der Waals surface area contributed by atoms with Gasteiger partial charge < -0.3 is 5.32 Å². The number of carbonyl (C=O) groups excluding carboxylic acids is 1. The van der Waals surface area contributed by atoms with E-state index in [4.69, 9.17) is 0 Å². The van der Waals surface area contributed by atoms with Crippen LogP contribution in [0.3, 0.4) is 0 Å². The topological polar surface area (TPSA) is 75.3 Å². The predicted octanol–water partition coefficient (Wildman–Crippen LogP) is 2.67. The molecular weight excluding hydrogens is 324 g/mol. The average Bonchev–Trinajstić information content (AvgIpc) is 2.54. The minimum atomic E-state index is -3.61. The highest BCUT2D eigenvalue weighted by atomic mass is 32.2. The first-order valence-electron chi connectivity index (χ1n) is 8.13. The fourth-order valence-corrected chi connectivity index (χ4v) is 3.37. The van der Waals surface area contributed by atoms with Crippen LogP contribution in [0.5, 0.6) is 0 Å². The summed E-state index contributed by atoms with van der Waals surface area (Å²) in [6.07, 6.45) is 1.04. The van der Waals surface area contributed by atoms with Crippen LogP contribution in [0.1, 0.15) is 26.7 Å². The number of nitrogens with one attached hydrogen (secondary N) is 2. The zero-order valence-electron chi connectivity index (χ0n) is 14.1. The molecule has 0 fully saturated rings. The first kappa shape index (κ1) is 18.4. The van der Waals surface area contributed by atoms with E-state index >= 15 is 0 Å². The summed E-state index contributed by atoms with van der Waals surface area (Å²) in [5.41, 5.74) is 0. The van der Waals surface area contributed by atoms with Crippen molar-refractivity contribution in [3.63, 3.8) is 0 Å². The highest BCUT2D eigenvalue weighted by Crippen LogP contribution is 2.18. The second-order valence-corrected chi connectivity index (χ2v) is 7.96. The molecule has 0 spiro atoms. The van der Waals surface area contributed by atoms with Crippen LogP contribution in [0.2, 0.25) is 0 Å². The van der Waals surface area contributed by atoms with Crippen molar-refractivity contribution in [2.75, 3.05) is 13.1 Å². The number of benzene rings is 2. The van der Waals surface area contributed by atoms with Gasteiger partial charge in [-0.25, -0.2) is 13.1 Å². The van der Waals surface area contributed by atoms with E-state index in [2.05, 4.69) is 23.9 Å². The molecule has 0 bridgehead atoms. The van der Waals surface area contributed by atoms with Gasteiger partial charge in [0.1, 0.15) is 0 Å². The van der Waals surface area contributed by atoms with Crippen molar-refractivity contribution in [2.24, 2.45) is 5.92 Å². The number of sulfonamides is 1. The van der Waals surface area contributed by atoms with Gasteiger partial charge >= 0.3 is 0 Å². The number of amides is 1. The van der Waals surface area contributed by atoms with E-state index in [1.807, 2.05) is 24.3 Å². The van der Waals surface area contributed by atoms with Gasteiger partial charge in [0.05, 0.1) is 4.90 Å². The Hall–Kier alpha value is -1.92. The van der Waals surface area contributed by atoms with E-state index in [-0.39, 0.29) is 23.8 Å². The Morgan fingerprint density at radius 2 is 1.75 bits per heavy atom. The number of rotatable bonds is 8. The molecule has 0 radical (unpaired) electrons. The molecule has 0 aromatic heterocycles. The largest absolute Gasteiger partial charge is 0.356 e. The lowest BCUT2D eigenvalue weighted by molar-refractivity contribution is -0.120. The maximum atomic E-state index is 12.3. The van der Waals surface area contributed by atoms with Gasteiger partial charge in [0.2, 0.25) is 15.9 Å². The summed E-state index contributed by atoms with van der Waals surface area (Å²) < 4.78 is 27.1. The van der Waals surface area contributed by atoms with Crippen LogP contribution in [0.25, 0.3) is 10.8 Å². The van der Waals surface area contributed by atoms with E-state index in [0.717, 1.165) is 17.2 Å². The Morgan fingerprint density at radius 1 is 1.04 bits per heavy atom. The number of hydrogen-bond donors (Lipinski definition) is 2. The summed E-state index contributed by atoms with van der Waals surface area (Å²) in [5.74, 6) is 0.383. The monoisotopic (exact) mass is 348 g/mol. The third kappa shape index (κ3) is 5.32. The van der Waals surface area contributed by atoms with Crippen LogP contribution in [0, 0.1) is 5.92 Å². The van der Waals surface area contributed by atoms with Crippen LogP contribution in [-0.4, -0.2) is 27.4 Å². The molecule has 24 heavy (non-hydrogen) atoms.